The first-order chi connectivity index (χ1) is 4.24. The molecule has 0 aliphatic heterocycles. The average Bonchev–Trinajstić information content (AvgIpc) is 2.13. The average molecular weight is 196 g/mol. The molecule has 0 saturated carbocycles. The first-order valence-electron chi connectivity index (χ1n) is 2.81. The van der Waals surface area contributed by atoms with Gasteiger partial charge in [0.1, 0.15) is 0 Å². The summed E-state index contributed by atoms with van der Waals surface area (Å²) in [6.07, 6.45) is 1.05. The summed E-state index contributed by atoms with van der Waals surface area (Å²) in [5.74, 6) is 0. The number of anilines is 1. The molecule has 4 heteroatoms. The van der Waals surface area contributed by atoms with E-state index in [-0.39, 0.29) is 12.4 Å². The Kier molecular flexibility index (Phi) is 4.17. The molecule has 0 radical (unpaired) electrons. The number of hydrogen-bond donors (Lipinski definition) is 2. The molecular weight excluding hydrogens is 186 g/mol. The first kappa shape index (κ1) is 10.1. The fourth-order valence-electron chi connectivity index (χ4n) is 0.622. The molecule has 0 unspecified atom stereocenters. The summed E-state index contributed by atoms with van der Waals surface area (Å²) in [5.41, 5.74) is 6.36. The van der Waals surface area contributed by atoms with Gasteiger partial charge in [0.25, 0.3) is 0 Å². The van der Waals surface area contributed by atoms with Crippen molar-refractivity contribution in [3.63, 3.8) is 0 Å². The molecule has 0 atom stereocenters. The fourth-order valence-corrected chi connectivity index (χ4v) is 1.79. The number of aryl methyl sites for hydroxylation is 1. The minimum absolute atomic E-state index is 0. The van der Waals surface area contributed by atoms with Gasteiger partial charge in [-0.25, -0.2) is 0 Å². The van der Waals surface area contributed by atoms with Crippen molar-refractivity contribution in [3.8, 4) is 0 Å². The molecule has 1 aromatic rings. The van der Waals surface area contributed by atoms with Gasteiger partial charge < -0.3 is 5.73 Å². The molecule has 0 aromatic carbocycles. The van der Waals surface area contributed by atoms with Crippen LogP contribution in [0.4, 0.5) is 5.69 Å². The predicted molar refractivity (Wildman–Crippen MR) is 52.6 cm³/mol. The highest BCUT2D eigenvalue weighted by Gasteiger charge is 1.98. The van der Waals surface area contributed by atoms with Crippen LogP contribution in [0.3, 0.4) is 0 Å². The molecule has 1 aromatic heterocycles. The van der Waals surface area contributed by atoms with Crippen molar-refractivity contribution in [2.75, 3.05) is 5.73 Å². The SMILES string of the molecule is CCc1cc(N)c(S)s1.Cl. The van der Waals surface area contributed by atoms with Gasteiger partial charge in [0, 0.05) is 4.88 Å². The van der Waals surface area contributed by atoms with Gasteiger partial charge in [-0.3, -0.25) is 0 Å². The molecule has 0 bridgehead atoms. The molecule has 0 aliphatic rings. The van der Waals surface area contributed by atoms with E-state index in [1.807, 2.05) is 6.07 Å². The second-order valence-corrected chi connectivity index (χ2v) is 3.71. The summed E-state index contributed by atoms with van der Waals surface area (Å²) < 4.78 is 0.937. The van der Waals surface area contributed by atoms with E-state index in [0.717, 1.165) is 16.3 Å². The monoisotopic (exact) mass is 195 g/mol. The predicted octanol–water partition coefficient (Wildman–Crippen LogP) is 2.60. The third-order valence-electron chi connectivity index (χ3n) is 1.14. The van der Waals surface area contributed by atoms with Gasteiger partial charge in [-0.15, -0.1) is 36.4 Å². The van der Waals surface area contributed by atoms with Crippen LogP contribution in [-0.4, -0.2) is 0 Å². The van der Waals surface area contributed by atoms with Crippen LogP contribution < -0.4 is 5.73 Å². The van der Waals surface area contributed by atoms with Crippen molar-refractivity contribution in [2.45, 2.75) is 17.6 Å². The summed E-state index contributed by atoms with van der Waals surface area (Å²) in [4.78, 5) is 1.30. The lowest BCUT2D eigenvalue weighted by atomic mass is 10.4. The Labute approximate surface area is 76.4 Å². The van der Waals surface area contributed by atoms with E-state index >= 15 is 0 Å². The maximum Gasteiger partial charge on any atom is 0.0801 e. The fraction of sp³-hybridized carbons (Fsp3) is 0.333. The molecule has 0 aliphatic carbocycles. The van der Waals surface area contributed by atoms with Crippen LogP contribution in [0.1, 0.15) is 11.8 Å². The number of thiol groups is 1. The molecule has 1 nitrogen and oxygen atoms in total. The third kappa shape index (κ3) is 2.08. The standard InChI is InChI=1S/C6H9NS2.ClH/c1-2-4-3-5(7)6(8)9-4;/h3,8H,2,7H2,1H3;1H. The summed E-state index contributed by atoms with van der Waals surface area (Å²) in [7, 11) is 0. The van der Waals surface area contributed by atoms with Crippen molar-refractivity contribution < 1.29 is 0 Å². The topological polar surface area (TPSA) is 26.0 Å². The van der Waals surface area contributed by atoms with E-state index in [4.69, 9.17) is 5.73 Å². The minimum atomic E-state index is 0. The number of halogens is 1. The van der Waals surface area contributed by atoms with Crippen LogP contribution in [0.15, 0.2) is 10.3 Å². The van der Waals surface area contributed by atoms with Gasteiger partial charge >= 0.3 is 0 Å². The number of hydrogen-bond acceptors (Lipinski definition) is 3. The Hall–Kier alpha value is 0.140. The van der Waals surface area contributed by atoms with E-state index in [1.165, 1.54) is 4.88 Å². The quantitative estimate of drug-likeness (QED) is 0.663. The molecular formula is C6H10ClNS2. The molecule has 0 saturated heterocycles. The summed E-state index contributed by atoms with van der Waals surface area (Å²) in [5, 5.41) is 0. The maximum atomic E-state index is 5.55. The van der Waals surface area contributed by atoms with E-state index in [1.54, 1.807) is 11.3 Å². The zero-order valence-corrected chi connectivity index (χ0v) is 8.15. The highest BCUT2D eigenvalue weighted by atomic mass is 35.5. The Bertz CT molecular complexity index is 190. The molecule has 2 N–H and O–H groups in total. The third-order valence-corrected chi connectivity index (χ3v) is 2.77. The van der Waals surface area contributed by atoms with Crippen molar-refractivity contribution in [1.29, 1.82) is 0 Å². The molecule has 0 fully saturated rings. The Morgan fingerprint density at radius 1 is 1.70 bits per heavy atom. The number of nitrogens with two attached hydrogens (primary N) is 1. The molecule has 0 spiro atoms. The largest absolute Gasteiger partial charge is 0.397 e. The van der Waals surface area contributed by atoms with Crippen LogP contribution in [0, 0.1) is 0 Å². The molecule has 58 valence electrons. The van der Waals surface area contributed by atoms with Gasteiger partial charge in [-0.05, 0) is 12.5 Å². The number of thiophene rings is 1. The lowest BCUT2D eigenvalue weighted by Gasteiger charge is -1.80. The smallest absolute Gasteiger partial charge is 0.0801 e. The lowest BCUT2D eigenvalue weighted by Crippen LogP contribution is -1.78. The zero-order valence-electron chi connectivity index (χ0n) is 5.63. The van der Waals surface area contributed by atoms with Crippen molar-refractivity contribution in [1.82, 2.24) is 0 Å². The van der Waals surface area contributed by atoms with Crippen LogP contribution >= 0.6 is 36.4 Å². The van der Waals surface area contributed by atoms with Gasteiger partial charge in [0.2, 0.25) is 0 Å². The van der Waals surface area contributed by atoms with Crippen LogP contribution in [-0.2, 0) is 6.42 Å². The van der Waals surface area contributed by atoms with Gasteiger partial charge in [-0.2, -0.15) is 0 Å². The summed E-state index contributed by atoms with van der Waals surface area (Å²) >= 11 is 5.82. The maximum absolute atomic E-state index is 5.55. The highest BCUT2D eigenvalue weighted by molar-refractivity contribution is 7.83. The Balaban J connectivity index is 0.000000810. The summed E-state index contributed by atoms with van der Waals surface area (Å²) in [6, 6.07) is 1.98. The Morgan fingerprint density at radius 3 is 2.50 bits per heavy atom. The van der Waals surface area contributed by atoms with Crippen molar-refractivity contribution in [2.24, 2.45) is 0 Å². The normalized spacial score (nSPS) is 9.00. The van der Waals surface area contributed by atoms with E-state index in [0.29, 0.717) is 0 Å². The summed E-state index contributed by atoms with van der Waals surface area (Å²) in [6.45, 7) is 2.11. The number of nitrogen functional groups attached to an aromatic ring is 1. The molecule has 10 heavy (non-hydrogen) atoms. The van der Waals surface area contributed by atoms with Gasteiger partial charge in [-0.1, -0.05) is 6.92 Å². The molecule has 0 amide bonds. The molecule has 1 rings (SSSR count). The van der Waals surface area contributed by atoms with Crippen molar-refractivity contribution in [3.05, 3.63) is 10.9 Å². The second kappa shape index (κ2) is 4.11. The van der Waals surface area contributed by atoms with Crippen molar-refractivity contribution >= 4 is 42.1 Å². The highest BCUT2D eigenvalue weighted by Crippen LogP contribution is 2.27. The number of rotatable bonds is 1. The first-order valence-corrected chi connectivity index (χ1v) is 4.07. The van der Waals surface area contributed by atoms with Crippen LogP contribution in [0.5, 0.6) is 0 Å². The van der Waals surface area contributed by atoms with E-state index in [9.17, 15) is 0 Å². The molecule has 1 heterocycles. The van der Waals surface area contributed by atoms with Gasteiger partial charge in [0.05, 0.1) is 9.90 Å². The zero-order chi connectivity index (χ0) is 6.85. The lowest BCUT2D eigenvalue weighted by molar-refractivity contribution is 1.19. The van der Waals surface area contributed by atoms with Crippen LogP contribution in [0.2, 0.25) is 0 Å². The van der Waals surface area contributed by atoms with Gasteiger partial charge in [0.15, 0.2) is 0 Å². The second-order valence-electron chi connectivity index (χ2n) is 1.83. The Morgan fingerprint density at radius 2 is 2.30 bits per heavy atom. The van der Waals surface area contributed by atoms with E-state index < -0.39 is 0 Å². The van der Waals surface area contributed by atoms with E-state index in [2.05, 4.69) is 19.6 Å². The van der Waals surface area contributed by atoms with Crippen LogP contribution in [0.25, 0.3) is 0 Å². The minimum Gasteiger partial charge on any atom is -0.397 e.